The Balaban J connectivity index is 2.25. The number of nitrogens with one attached hydrogen (secondary N) is 1. The molecule has 2 rings (SSSR count). The van der Waals surface area contributed by atoms with Gasteiger partial charge in [0.25, 0.3) is 0 Å². The van der Waals surface area contributed by atoms with E-state index >= 15 is 0 Å². The Morgan fingerprint density at radius 1 is 1.50 bits per heavy atom. The molecular formula is C13H16N2O6S. The molecule has 2 unspecified atom stereocenters. The van der Waals surface area contributed by atoms with Gasteiger partial charge in [0, 0.05) is 25.0 Å². The van der Waals surface area contributed by atoms with Gasteiger partial charge in [0.15, 0.2) is 0 Å². The van der Waals surface area contributed by atoms with E-state index in [1.165, 1.54) is 20.0 Å². The van der Waals surface area contributed by atoms with E-state index in [0.717, 1.165) is 10.3 Å². The zero-order valence-electron chi connectivity index (χ0n) is 12.0. The van der Waals surface area contributed by atoms with Crippen molar-refractivity contribution in [3.8, 4) is 0 Å². The molecule has 3 N–H and O–H groups in total. The van der Waals surface area contributed by atoms with Crippen LogP contribution in [0.4, 0.5) is 0 Å². The predicted molar refractivity (Wildman–Crippen MR) is 76.2 cm³/mol. The molecule has 1 saturated heterocycles. The Morgan fingerprint density at radius 2 is 2.14 bits per heavy atom. The summed E-state index contributed by atoms with van der Waals surface area (Å²) in [6.07, 6.45) is 0.403. The predicted octanol–water partition coefficient (Wildman–Crippen LogP) is -0.750. The monoisotopic (exact) mass is 328 g/mol. The van der Waals surface area contributed by atoms with Crippen LogP contribution >= 0.6 is 0 Å². The Hall–Kier alpha value is -2.00. The third-order valence-electron chi connectivity index (χ3n) is 3.61. The largest absolute Gasteiger partial charge is 0.477 e. The number of β-lactam (4-membered cyclic amide) rings is 1. The molecule has 1 fully saturated rings. The molecule has 4 atom stereocenters. The summed E-state index contributed by atoms with van der Waals surface area (Å²) < 4.78 is 12.2. The lowest BCUT2D eigenvalue weighted by Gasteiger charge is -2.44. The Morgan fingerprint density at radius 3 is 2.64 bits per heavy atom. The van der Waals surface area contributed by atoms with Crippen LogP contribution in [0.5, 0.6) is 0 Å². The van der Waals surface area contributed by atoms with E-state index in [4.69, 9.17) is 0 Å². The standard InChI is InChI=1S/C13H16N2O6S/c1-6(16)10-8-5-9(22(21)4-3-14-7(2)17)11(13(19)20)15(8)12(10)18/h3-4,6,8,10,16H,5H2,1-2H3,(H,14,17)(H,19,20)/b4-3-/t6?,8-,10+,22?/m1/s1. The number of carbonyl (C=O) groups is 3. The molecule has 0 saturated carbocycles. The van der Waals surface area contributed by atoms with Crippen LogP contribution in [0.1, 0.15) is 20.3 Å². The summed E-state index contributed by atoms with van der Waals surface area (Å²) in [5, 5.41) is 22.3. The summed E-state index contributed by atoms with van der Waals surface area (Å²) in [4.78, 5) is 35.3. The van der Waals surface area contributed by atoms with Gasteiger partial charge in [-0.15, -0.1) is 0 Å². The van der Waals surface area contributed by atoms with Crippen molar-refractivity contribution in [3.05, 3.63) is 22.2 Å². The van der Waals surface area contributed by atoms with E-state index < -0.39 is 40.7 Å². The highest BCUT2D eigenvalue weighted by Gasteiger charge is 2.57. The highest BCUT2D eigenvalue weighted by atomic mass is 32.2. The van der Waals surface area contributed by atoms with E-state index in [-0.39, 0.29) is 22.9 Å². The van der Waals surface area contributed by atoms with Gasteiger partial charge in [-0.2, -0.15) is 0 Å². The van der Waals surface area contributed by atoms with E-state index in [1.54, 1.807) is 0 Å². The molecule has 9 heteroatoms. The van der Waals surface area contributed by atoms with Crippen molar-refractivity contribution in [2.75, 3.05) is 0 Å². The number of aliphatic carboxylic acids is 1. The molecule has 0 aliphatic carbocycles. The Labute approximate surface area is 128 Å². The van der Waals surface area contributed by atoms with E-state index in [2.05, 4.69) is 5.32 Å². The van der Waals surface area contributed by atoms with Crippen LogP contribution < -0.4 is 5.32 Å². The van der Waals surface area contributed by atoms with Gasteiger partial charge in [0.05, 0.1) is 33.8 Å². The average molecular weight is 328 g/mol. The molecule has 8 nitrogen and oxygen atoms in total. The second-order valence-electron chi connectivity index (χ2n) is 5.12. The molecule has 0 aromatic rings. The molecule has 2 aliphatic heterocycles. The van der Waals surface area contributed by atoms with Crippen LogP contribution in [0.2, 0.25) is 0 Å². The van der Waals surface area contributed by atoms with Crippen molar-refractivity contribution in [1.29, 1.82) is 0 Å². The normalized spacial score (nSPS) is 26.7. The Bertz CT molecular complexity index is 624. The number of fused-ring (bicyclic) bond motifs is 1. The van der Waals surface area contributed by atoms with Crippen molar-refractivity contribution in [3.63, 3.8) is 0 Å². The molecule has 0 aromatic heterocycles. The molecule has 0 spiro atoms. The molecule has 2 amide bonds. The SMILES string of the molecule is CC(=O)N/C=C\S(=O)C1=C(C(=O)O)N2C(=O)[C@@H](C(C)O)[C@H]2C1. The van der Waals surface area contributed by atoms with E-state index in [1.807, 2.05) is 0 Å². The summed E-state index contributed by atoms with van der Waals surface area (Å²) >= 11 is 0. The third-order valence-corrected chi connectivity index (χ3v) is 4.84. The first-order valence-corrected chi connectivity index (χ1v) is 7.79. The molecule has 0 aromatic carbocycles. The minimum Gasteiger partial charge on any atom is -0.477 e. The number of rotatable bonds is 5. The van der Waals surface area contributed by atoms with Gasteiger partial charge in [-0.3, -0.25) is 9.59 Å². The maximum Gasteiger partial charge on any atom is 0.353 e. The molecule has 22 heavy (non-hydrogen) atoms. The number of carbonyl (C=O) groups excluding carboxylic acids is 2. The fraction of sp³-hybridized carbons (Fsp3) is 0.462. The van der Waals surface area contributed by atoms with Crippen molar-refractivity contribution < 1.29 is 28.8 Å². The van der Waals surface area contributed by atoms with Crippen LogP contribution in [0.25, 0.3) is 0 Å². The topological polar surface area (TPSA) is 124 Å². The summed E-state index contributed by atoms with van der Waals surface area (Å²) in [5.41, 5.74) is -0.294. The lowest BCUT2D eigenvalue weighted by atomic mass is 9.83. The van der Waals surface area contributed by atoms with Crippen LogP contribution in [-0.4, -0.2) is 49.3 Å². The number of nitrogens with zero attached hydrogens (tertiary/aromatic N) is 1. The van der Waals surface area contributed by atoms with Crippen LogP contribution in [0, 0.1) is 5.92 Å². The number of aliphatic hydroxyl groups excluding tert-OH is 1. The second-order valence-corrected chi connectivity index (χ2v) is 6.48. The zero-order valence-corrected chi connectivity index (χ0v) is 12.8. The first-order valence-electron chi connectivity index (χ1n) is 6.57. The maximum absolute atomic E-state index is 12.2. The molecule has 0 radical (unpaired) electrons. The average Bonchev–Trinajstić information content (AvgIpc) is 2.72. The van der Waals surface area contributed by atoms with Gasteiger partial charge in [0.1, 0.15) is 5.70 Å². The van der Waals surface area contributed by atoms with Gasteiger partial charge in [0.2, 0.25) is 11.8 Å². The fourth-order valence-corrected chi connectivity index (χ4v) is 3.77. The van der Waals surface area contributed by atoms with Crippen LogP contribution in [0.3, 0.4) is 0 Å². The highest BCUT2D eigenvalue weighted by Crippen LogP contribution is 2.44. The first kappa shape index (κ1) is 16.4. The zero-order chi connectivity index (χ0) is 16.6. The molecule has 0 bridgehead atoms. The Kier molecular flexibility index (Phi) is 4.47. The number of hydrogen-bond acceptors (Lipinski definition) is 5. The van der Waals surface area contributed by atoms with Gasteiger partial charge in [-0.25, -0.2) is 9.00 Å². The number of carboxylic acid groups (broad SMARTS) is 1. The number of carboxylic acids is 1. The van der Waals surface area contributed by atoms with Crippen molar-refractivity contribution in [1.82, 2.24) is 10.2 Å². The highest BCUT2D eigenvalue weighted by molar-refractivity contribution is 7.91. The van der Waals surface area contributed by atoms with Crippen molar-refractivity contribution in [2.24, 2.45) is 5.92 Å². The number of hydrogen-bond donors (Lipinski definition) is 3. The first-order chi connectivity index (χ1) is 10.3. The molecule has 2 aliphatic rings. The minimum atomic E-state index is -1.78. The quantitative estimate of drug-likeness (QED) is 0.571. The summed E-state index contributed by atoms with van der Waals surface area (Å²) in [5.74, 6) is -2.84. The second kappa shape index (κ2) is 6.01. The lowest BCUT2D eigenvalue weighted by molar-refractivity contribution is -0.161. The third kappa shape index (κ3) is 2.69. The molecular weight excluding hydrogens is 312 g/mol. The molecule has 2 heterocycles. The summed E-state index contributed by atoms with van der Waals surface area (Å²) in [6, 6.07) is -0.480. The van der Waals surface area contributed by atoms with Gasteiger partial charge < -0.3 is 20.4 Å². The fourth-order valence-electron chi connectivity index (χ4n) is 2.71. The van der Waals surface area contributed by atoms with E-state index in [9.17, 15) is 28.8 Å². The summed E-state index contributed by atoms with van der Waals surface area (Å²) in [6.45, 7) is 2.74. The smallest absolute Gasteiger partial charge is 0.353 e. The maximum atomic E-state index is 12.2. The summed E-state index contributed by atoms with van der Waals surface area (Å²) in [7, 11) is -1.78. The van der Waals surface area contributed by atoms with Gasteiger partial charge >= 0.3 is 5.97 Å². The van der Waals surface area contributed by atoms with Crippen LogP contribution in [-0.2, 0) is 25.2 Å². The van der Waals surface area contributed by atoms with Crippen molar-refractivity contribution in [2.45, 2.75) is 32.4 Å². The van der Waals surface area contributed by atoms with Gasteiger partial charge in [-0.05, 0) is 6.92 Å². The molecule has 120 valence electrons. The van der Waals surface area contributed by atoms with Crippen molar-refractivity contribution >= 4 is 28.6 Å². The minimum absolute atomic E-state index is 0.107. The van der Waals surface area contributed by atoms with E-state index in [0.29, 0.717) is 0 Å². The number of amides is 2. The van der Waals surface area contributed by atoms with Crippen LogP contribution in [0.15, 0.2) is 22.2 Å². The van der Waals surface area contributed by atoms with Gasteiger partial charge in [-0.1, -0.05) is 0 Å². The number of aliphatic hydroxyl groups is 1. The lowest BCUT2D eigenvalue weighted by Crippen LogP contribution is -2.61.